The molecule has 1 saturated heterocycles. The molecule has 1 heterocycles. The van der Waals surface area contributed by atoms with Crippen molar-refractivity contribution < 1.29 is 9.72 Å². The van der Waals surface area contributed by atoms with Crippen LogP contribution in [0.15, 0.2) is 47.4 Å². The van der Waals surface area contributed by atoms with Crippen molar-refractivity contribution in [1.82, 2.24) is 9.80 Å². The standard InChI is InChI=1S/C20H23N3O3S/c1-15-4-3-5-16(12-15)14-21-8-10-22(11-9-21)20(24)17-6-7-19(27-2)18(13-17)23(25)26/h3-7,12-13H,8-11,14H2,1-2H3. The van der Waals surface area contributed by atoms with Crippen LogP contribution in [0.1, 0.15) is 21.5 Å². The number of nitro groups is 1. The number of nitrogens with zero attached hydrogens (tertiary/aromatic N) is 3. The lowest BCUT2D eigenvalue weighted by atomic mass is 10.1. The van der Waals surface area contributed by atoms with E-state index in [-0.39, 0.29) is 11.6 Å². The summed E-state index contributed by atoms with van der Waals surface area (Å²) < 4.78 is 0. The lowest BCUT2D eigenvalue weighted by molar-refractivity contribution is -0.387. The molecule has 2 aromatic carbocycles. The minimum atomic E-state index is -0.428. The van der Waals surface area contributed by atoms with E-state index >= 15 is 0 Å². The Balaban J connectivity index is 1.63. The normalized spacial score (nSPS) is 15.0. The summed E-state index contributed by atoms with van der Waals surface area (Å²) in [6.07, 6.45) is 1.79. The number of rotatable bonds is 5. The van der Waals surface area contributed by atoms with E-state index in [1.165, 1.54) is 29.0 Å². The van der Waals surface area contributed by atoms with Crippen LogP contribution >= 0.6 is 11.8 Å². The molecule has 0 N–H and O–H groups in total. The number of hydrogen-bond acceptors (Lipinski definition) is 5. The molecule has 1 aliphatic rings. The lowest BCUT2D eigenvalue weighted by Crippen LogP contribution is -2.48. The molecule has 0 aromatic heterocycles. The highest BCUT2D eigenvalue weighted by atomic mass is 32.2. The van der Waals surface area contributed by atoms with E-state index in [9.17, 15) is 14.9 Å². The van der Waals surface area contributed by atoms with E-state index in [2.05, 4.69) is 36.1 Å². The summed E-state index contributed by atoms with van der Waals surface area (Å²) >= 11 is 1.31. The molecule has 0 spiro atoms. The molecule has 0 unspecified atom stereocenters. The van der Waals surface area contributed by atoms with Crippen LogP contribution in [0.5, 0.6) is 0 Å². The van der Waals surface area contributed by atoms with Gasteiger partial charge in [-0.05, 0) is 30.9 Å². The Morgan fingerprint density at radius 1 is 1.15 bits per heavy atom. The Kier molecular flexibility index (Phi) is 6.13. The Hall–Kier alpha value is -2.38. The van der Waals surface area contributed by atoms with E-state index in [1.54, 1.807) is 23.3 Å². The molecule has 0 bridgehead atoms. The van der Waals surface area contributed by atoms with Gasteiger partial charge in [-0.1, -0.05) is 29.8 Å². The van der Waals surface area contributed by atoms with E-state index < -0.39 is 4.92 Å². The molecule has 6 nitrogen and oxygen atoms in total. The third-order valence-corrected chi connectivity index (χ3v) is 5.56. The molecule has 7 heteroatoms. The minimum absolute atomic E-state index is 0.00793. The van der Waals surface area contributed by atoms with Gasteiger partial charge < -0.3 is 4.90 Å². The van der Waals surface area contributed by atoms with Gasteiger partial charge in [0.15, 0.2) is 0 Å². The number of piperazine rings is 1. The monoisotopic (exact) mass is 385 g/mol. The van der Waals surface area contributed by atoms with Gasteiger partial charge in [0.2, 0.25) is 0 Å². The highest BCUT2D eigenvalue weighted by molar-refractivity contribution is 7.98. The van der Waals surface area contributed by atoms with E-state index in [1.807, 2.05) is 0 Å². The zero-order chi connectivity index (χ0) is 19.4. The van der Waals surface area contributed by atoms with Crippen LogP contribution in [-0.4, -0.2) is 53.1 Å². The number of carbonyl (C=O) groups excluding carboxylic acids is 1. The van der Waals surface area contributed by atoms with Gasteiger partial charge in [-0.15, -0.1) is 11.8 Å². The molecule has 2 aromatic rings. The number of hydrogen-bond donors (Lipinski definition) is 0. The van der Waals surface area contributed by atoms with E-state index in [4.69, 9.17) is 0 Å². The average Bonchev–Trinajstić information content (AvgIpc) is 2.67. The van der Waals surface area contributed by atoms with Gasteiger partial charge in [-0.2, -0.15) is 0 Å². The largest absolute Gasteiger partial charge is 0.336 e. The first-order valence-electron chi connectivity index (χ1n) is 8.87. The maximum atomic E-state index is 12.8. The molecule has 3 rings (SSSR count). The number of carbonyl (C=O) groups is 1. The maximum Gasteiger partial charge on any atom is 0.283 e. The second kappa shape index (κ2) is 8.54. The van der Waals surface area contributed by atoms with Crippen LogP contribution in [0.3, 0.4) is 0 Å². The quantitative estimate of drug-likeness (QED) is 0.447. The molecule has 1 amide bonds. The van der Waals surface area contributed by atoms with Crippen LogP contribution in [0.25, 0.3) is 0 Å². The maximum absolute atomic E-state index is 12.8. The van der Waals surface area contributed by atoms with Gasteiger partial charge in [0.05, 0.1) is 9.82 Å². The Morgan fingerprint density at radius 2 is 1.89 bits per heavy atom. The Morgan fingerprint density at radius 3 is 2.52 bits per heavy atom. The number of amides is 1. The van der Waals surface area contributed by atoms with Crippen LogP contribution < -0.4 is 0 Å². The van der Waals surface area contributed by atoms with E-state index in [0.717, 1.165) is 19.6 Å². The lowest BCUT2D eigenvalue weighted by Gasteiger charge is -2.34. The fraction of sp³-hybridized carbons (Fsp3) is 0.350. The molecule has 1 fully saturated rings. The molecule has 0 atom stereocenters. The number of aryl methyl sites for hydroxylation is 1. The first-order chi connectivity index (χ1) is 13.0. The smallest absolute Gasteiger partial charge is 0.283 e. The molecule has 0 radical (unpaired) electrons. The van der Waals surface area contributed by atoms with Crippen molar-refractivity contribution in [2.45, 2.75) is 18.4 Å². The third kappa shape index (κ3) is 4.67. The summed E-state index contributed by atoms with van der Waals surface area (Å²) in [6.45, 7) is 5.81. The first kappa shape index (κ1) is 19.4. The van der Waals surface area contributed by atoms with Crippen molar-refractivity contribution in [3.05, 3.63) is 69.3 Å². The molecule has 142 valence electrons. The van der Waals surface area contributed by atoms with Crippen molar-refractivity contribution in [2.75, 3.05) is 32.4 Å². The molecule has 0 saturated carbocycles. The van der Waals surface area contributed by atoms with Crippen molar-refractivity contribution in [2.24, 2.45) is 0 Å². The van der Waals surface area contributed by atoms with Gasteiger partial charge in [0.25, 0.3) is 11.6 Å². The summed E-state index contributed by atoms with van der Waals surface area (Å²) in [5.74, 6) is -0.138. The molecule has 0 aliphatic carbocycles. The summed E-state index contributed by atoms with van der Waals surface area (Å²) in [6, 6.07) is 13.2. The van der Waals surface area contributed by atoms with Crippen molar-refractivity contribution in [3.63, 3.8) is 0 Å². The number of benzene rings is 2. The van der Waals surface area contributed by atoms with Gasteiger partial charge in [-0.25, -0.2) is 0 Å². The molecular weight excluding hydrogens is 362 g/mol. The van der Waals surface area contributed by atoms with Crippen LogP contribution in [-0.2, 0) is 6.54 Å². The summed E-state index contributed by atoms with van der Waals surface area (Å²) in [5.41, 5.74) is 2.90. The van der Waals surface area contributed by atoms with Crippen LogP contribution in [0.2, 0.25) is 0 Å². The predicted molar refractivity (Wildman–Crippen MR) is 107 cm³/mol. The molecular formula is C20H23N3O3S. The van der Waals surface area contributed by atoms with E-state index in [0.29, 0.717) is 23.5 Å². The zero-order valence-corrected chi connectivity index (χ0v) is 16.4. The second-order valence-corrected chi connectivity index (χ2v) is 7.55. The fourth-order valence-corrected chi connectivity index (χ4v) is 3.87. The summed E-state index contributed by atoms with van der Waals surface area (Å²) in [7, 11) is 0. The van der Waals surface area contributed by atoms with Crippen LogP contribution in [0.4, 0.5) is 5.69 Å². The van der Waals surface area contributed by atoms with Gasteiger partial charge >= 0.3 is 0 Å². The topological polar surface area (TPSA) is 66.7 Å². The highest BCUT2D eigenvalue weighted by Gasteiger charge is 2.24. The minimum Gasteiger partial charge on any atom is -0.336 e. The SMILES string of the molecule is CSc1ccc(C(=O)N2CCN(Cc3cccc(C)c3)CC2)cc1[N+](=O)[O-]. The first-order valence-corrected chi connectivity index (χ1v) is 10.1. The van der Waals surface area contributed by atoms with Crippen molar-refractivity contribution in [1.29, 1.82) is 0 Å². The highest BCUT2D eigenvalue weighted by Crippen LogP contribution is 2.28. The zero-order valence-electron chi connectivity index (χ0n) is 15.6. The molecule has 1 aliphatic heterocycles. The third-order valence-electron chi connectivity index (χ3n) is 4.77. The van der Waals surface area contributed by atoms with Crippen molar-refractivity contribution >= 4 is 23.4 Å². The van der Waals surface area contributed by atoms with Gasteiger partial charge in [0, 0.05) is 44.4 Å². The Labute approximate surface area is 163 Å². The number of nitro benzene ring substituents is 1. The number of thioether (sulfide) groups is 1. The fourth-order valence-electron chi connectivity index (χ4n) is 3.33. The Bertz CT molecular complexity index is 848. The summed E-state index contributed by atoms with van der Waals surface area (Å²) in [4.78, 5) is 28.2. The van der Waals surface area contributed by atoms with Crippen LogP contribution in [0, 0.1) is 17.0 Å². The second-order valence-electron chi connectivity index (χ2n) is 6.70. The van der Waals surface area contributed by atoms with Gasteiger partial charge in [-0.3, -0.25) is 19.8 Å². The predicted octanol–water partition coefficient (Wildman–Crippen LogP) is 3.58. The molecule has 27 heavy (non-hydrogen) atoms. The van der Waals surface area contributed by atoms with Gasteiger partial charge in [0.1, 0.15) is 0 Å². The average molecular weight is 385 g/mol. The van der Waals surface area contributed by atoms with Crippen molar-refractivity contribution in [3.8, 4) is 0 Å². The summed E-state index contributed by atoms with van der Waals surface area (Å²) in [5, 5.41) is 11.2.